The number of nitrogens with one attached hydrogen (secondary N) is 2. The number of hydrogen-bond acceptors (Lipinski definition) is 1. The molecule has 0 bridgehead atoms. The highest BCUT2D eigenvalue weighted by Crippen LogP contribution is 2.21. The summed E-state index contributed by atoms with van der Waals surface area (Å²) < 4.78 is 1.92. The maximum atomic E-state index is 11.8. The van der Waals surface area contributed by atoms with E-state index in [-0.39, 0.29) is 6.03 Å². The van der Waals surface area contributed by atoms with Crippen LogP contribution >= 0.6 is 31.9 Å². The second-order valence-electron chi connectivity index (χ2n) is 4.20. The standard InChI is InChI=1S/C15H14Br2N2O/c16-12-6-2-1-5-11(12)9-10-18-15(20)19-14-8-4-3-7-13(14)17/h1-8H,9-10H2,(H2,18,19,20). The van der Waals surface area contributed by atoms with E-state index in [1.54, 1.807) is 0 Å². The summed E-state index contributed by atoms with van der Waals surface area (Å²) in [6.45, 7) is 0.582. The number of benzene rings is 2. The van der Waals surface area contributed by atoms with E-state index in [0.717, 1.165) is 21.1 Å². The van der Waals surface area contributed by atoms with Gasteiger partial charge in [-0.1, -0.05) is 46.3 Å². The van der Waals surface area contributed by atoms with Gasteiger partial charge in [-0.2, -0.15) is 0 Å². The molecule has 0 radical (unpaired) electrons. The molecule has 0 spiro atoms. The minimum Gasteiger partial charge on any atom is -0.338 e. The number of anilines is 1. The van der Waals surface area contributed by atoms with Crippen LogP contribution in [0.5, 0.6) is 0 Å². The second-order valence-corrected chi connectivity index (χ2v) is 5.91. The van der Waals surface area contributed by atoms with Crippen molar-refractivity contribution >= 4 is 43.6 Å². The Morgan fingerprint density at radius 2 is 1.60 bits per heavy atom. The Morgan fingerprint density at radius 1 is 0.950 bits per heavy atom. The van der Waals surface area contributed by atoms with Gasteiger partial charge in [-0.15, -0.1) is 0 Å². The Bertz CT molecular complexity index is 602. The largest absolute Gasteiger partial charge is 0.338 e. The van der Waals surface area contributed by atoms with E-state index < -0.39 is 0 Å². The number of carbonyl (C=O) groups is 1. The molecular formula is C15H14Br2N2O. The molecular weight excluding hydrogens is 384 g/mol. The van der Waals surface area contributed by atoms with E-state index >= 15 is 0 Å². The summed E-state index contributed by atoms with van der Waals surface area (Å²) in [6, 6.07) is 15.3. The molecule has 2 aromatic rings. The highest BCUT2D eigenvalue weighted by atomic mass is 79.9. The molecule has 2 N–H and O–H groups in total. The molecule has 0 heterocycles. The first-order valence-corrected chi connectivity index (χ1v) is 7.78. The lowest BCUT2D eigenvalue weighted by Gasteiger charge is -2.09. The quantitative estimate of drug-likeness (QED) is 0.779. The molecule has 0 aliphatic rings. The highest BCUT2D eigenvalue weighted by Gasteiger charge is 2.04. The predicted octanol–water partition coefficient (Wildman–Crippen LogP) is 4.58. The van der Waals surface area contributed by atoms with Crippen molar-refractivity contribution in [3.8, 4) is 0 Å². The smallest absolute Gasteiger partial charge is 0.319 e. The molecule has 0 unspecified atom stereocenters. The molecule has 0 fully saturated rings. The fourth-order valence-corrected chi connectivity index (χ4v) is 2.61. The number of carbonyl (C=O) groups excluding carboxylic acids is 1. The van der Waals surface area contributed by atoms with E-state index in [0.29, 0.717) is 6.54 Å². The number of urea groups is 1. The molecule has 0 aromatic heterocycles. The van der Waals surface area contributed by atoms with Gasteiger partial charge in [0.1, 0.15) is 0 Å². The summed E-state index contributed by atoms with van der Waals surface area (Å²) in [5, 5.41) is 5.64. The van der Waals surface area contributed by atoms with Gasteiger partial charge < -0.3 is 10.6 Å². The Labute approximate surface area is 135 Å². The first kappa shape index (κ1) is 15.1. The number of hydrogen-bond donors (Lipinski definition) is 2. The lowest BCUT2D eigenvalue weighted by atomic mass is 10.1. The molecule has 5 heteroatoms. The Morgan fingerprint density at radius 3 is 2.30 bits per heavy atom. The van der Waals surface area contributed by atoms with E-state index in [2.05, 4.69) is 42.5 Å². The molecule has 0 aliphatic carbocycles. The Balaban J connectivity index is 1.82. The molecule has 2 rings (SSSR count). The van der Waals surface area contributed by atoms with E-state index in [4.69, 9.17) is 0 Å². The van der Waals surface area contributed by atoms with Crippen molar-refractivity contribution in [3.05, 3.63) is 63.0 Å². The van der Waals surface area contributed by atoms with Gasteiger partial charge in [0.25, 0.3) is 0 Å². The molecule has 20 heavy (non-hydrogen) atoms. The van der Waals surface area contributed by atoms with Crippen molar-refractivity contribution in [2.45, 2.75) is 6.42 Å². The molecule has 2 amide bonds. The highest BCUT2D eigenvalue weighted by molar-refractivity contribution is 9.10. The zero-order valence-corrected chi connectivity index (χ0v) is 13.9. The van der Waals surface area contributed by atoms with Gasteiger partial charge in [0.2, 0.25) is 0 Å². The summed E-state index contributed by atoms with van der Waals surface area (Å²) in [5.41, 5.74) is 1.93. The minimum absolute atomic E-state index is 0.205. The minimum atomic E-state index is -0.205. The van der Waals surface area contributed by atoms with Crippen LogP contribution in [0, 0.1) is 0 Å². The van der Waals surface area contributed by atoms with Crippen molar-refractivity contribution < 1.29 is 4.79 Å². The van der Waals surface area contributed by atoms with Gasteiger partial charge in [0, 0.05) is 15.5 Å². The van der Waals surface area contributed by atoms with Gasteiger partial charge >= 0.3 is 6.03 Å². The Kier molecular flexibility index (Phi) is 5.61. The van der Waals surface area contributed by atoms with Crippen LogP contribution in [0.15, 0.2) is 57.5 Å². The first-order chi connectivity index (χ1) is 9.66. The zero-order chi connectivity index (χ0) is 14.4. The van der Waals surface area contributed by atoms with Crippen LogP contribution in [0.3, 0.4) is 0 Å². The lowest BCUT2D eigenvalue weighted by molar-refractivity contribution is 0.252. The number of rotatable bonds is 4. The van der Waals surface area contributed by atoms with E-state index in [1.807, 2.05) is 48.5 Å². The van der Waals surface area contributed by atoms with Crippen LogP contribution in [-0.4, -0.2) is 12.6 Å². The van der Waals surface area contributed by atoms with Crippen molar-refractivity contribution in [3.63, 3.8) is 0 Å². The summed E-state index contributed by atoms with van der Waals surface area (Å²) in [5.74, 6) is 0. The SMILES string of the molecule is O=C(NCCc1ccccc1Br)Nc1ccccc1Br. The summed E-state index contributed by atoms with van der Waals surface area (Å²) in [6.07, 6.45) is 0.783. The number of amides is 2. The third-order valence-corrected chi connectivity index (χ3v) is 4.22. The molecule has 0 aliphatic heterocycles. The van der Waals surface area contributed by atoms with Crippen molar-refractivity contribution in [1.82, 2.24) is 5.32 Å². The van der Waals surface area contributed by atoms with Gasteiger partial charge in [0.05, 0.1) is 5.69 Å². The monoisotopic (exact) mass is 396 g/mol. The van der Waals surface area contributed by atoms with Crippen LogP contribution < -0.4 is 10.6 Å². The van der Waals surface area contributed by atoms with Crippen LogP contribution in [-0.2, 0) is 6.42 Å². The molecule has 0 saturated carbocycles. The zero-order valence-electron chi connectivity index (χ0n) is 10.7. The van der Waals surface area contributed by atoms with Crippen molar-refractivity contribution in [2.24, 2.45) is 0 Å². The van der Waals surface area contributed by atoms with Gasteiger partial charge in [-0.3, -0.25) is 0 Å². The molecule has 0 atom stereocenters. The van der Waals surface area contributed by atoms with Crippen LogP contribution in [0.2, 0.25) is 0 Å². The maximum absolute atomic E-state index is 11.8. The molecule has 2 aromatic carbocycles. The topological polar surface area (TPSA) is 41.1 Å². The van der Waals surface area contributed by atoms with Crippen LogP contribution in [0.25, 0.3) is 0 Å². The summed E-state index contributed by atoms with van der Waals surface area (Å²) in [4.78, 5) is 11.8. The maximum Gasteiger partial charge on any atom is 0.319 e. The van der Waals surface area contributed by atoms with Crippen LogP contribution in [0.4, 0.5) is 10.5 Å². The summed E-state index contributed by atoms with van der Waals surface area (Å²) in [7, 11) is 0. The fourth-order valence-electron chi connectivity index (χ4n) is 1.74. The third-order valence-electron chi connectivity index (χ3n) is 2.76. The second kappa shape index (κ2) is 7.45. The number of para-hydroxylation sites is 1. The third kappa shape index (κ3) is 4.35. The normalized spacial score (nSPS) is 10.1. The van der Waals surface area contributed by atoms with Crippen molar-refractivity contribution in [1.29, 1.82) is 0 Å². The first-order valence-electron chi connectivity index (χ1n) is 6.19. The van der Waals surface area contributed by atoms with E-state index in [1.165, 1.54) is 5.56 Å². The average molecular weight is 398 g/mol. The van der Waals surface area contributed by atoms with Crippen LogP contribution in [0.1, 0.15) is 5.56 Å². The van der Waals surface area contributed by atoms with Crippen molar-refractivity contribution in [2.75, 3.05) is 11.9 Å². The molecule has 3 nitrogen and oxygen atoms in total. The summed E-state index contributed by atoms with van der Waals surface area (Å²) >= 11 is 6.88. The van der Waals surface area contributed by atoms with Gasteiger partial charge in [-0.25, -0.2) is 4.79 Å². The lowest BCUT2D eigenvalue weighted by Crippen LogP contribution is -2.30. The molecule has 0 saturated heterocycles. The Hall–Kier alpha value is -1.33. The number of halogens is 2. The van der Waals surface area contributed by atoms with E-state index in [9.17, 15) is 4.79 Å². The fraction of sp³-hybridized carbons (Fsp3) is 0.133. The molecule has 104 valence electrons. The average Bonchev–Trinajstić information content (AvgIpc) is 2.43. The van der Waals surface area contributed by atoms with Gasteiger partial charge in [-0.05, 0) is 46.1 Å². The van der Waals surface area contributed by atoms with Gasteiger partial charge in [0.15, 0.2) is 0 Å². The predicted molar refractivity (Wildman–Crippen MR) is 89.0 cm³/mol.